The lowest BCUT2D eigenvalue weighted by molar-refractivity contribution is 0.266. The van der Waals surface area contributed by atoms with Gasteiger partial charge < -0.3 is 14.9 Å². The zero-order valence-electron chi connectivity index (χ0n) is 13.1. The molecule has 0 amide bonds. The number of thiophene rings is 1. The standard InChI is InChI=1S/C16H22N4OS/c1-12-5-6-14(22-12)9-19(2)15-8-16(18-11-17-15)20-7-3-4-13(20)10-21/h5-6,8,11,13,21H,3-4,7,9-10H2,1-2H3/t13-/m1/s1. The van der Waals surface area contributed by atoms with Crippen molar-refractivity contribution in [1.82, 2.24) is 9.97 Å². The highest BCUT2D eigenvalue weighted by Gasteiger charge is 2.25. The maximum atomic E-state index is 9.48. The summed E-state index contributed by atoms with van der Waals surface area (Å²) in [5.74, 6) is 1.83. The van der Waals surface area contributed by atoms with E-state index < -0.39 is 0 Å². The fourth-order valence-electron chi connectivity index (χ4n) is 2.91. The average molecular weight is 318 g/mol. The Labute approximate surface area is 135 Å². The molecule has 2 aromatic rings. The van der Waals surface area contributed by atoms with Crippen LogP contribution in [0.4, 0.5) is 11.6 Å². The Morgan fingerprint density at radius 3 is 3.00 bits per heavy atom. The summed E-state index contributed by atoms with van der Waals surface area (Å²) in [4.78, 5) is 15.8. The number of hydrogen-bond donors (Lipinski definition) is 1. The largest absolute Gasteiger partial charge is 0.394 e. The molecule has 22 heavy (non-hydrogen) atoms. The van der Waals surface area contributed by atoms with Crippen molar-refractivity contribution in [3.05, 3.63) is 34.3 Å². The molecule has 2 aromatic heterocycles. The summed E-state index contributed by atoms with van der Waals surface area (Å²) in [6, 6.07) is 6.53. The smallest absolute Gasteiger partial charge is 0.134 e. The van der Waals surface area contributed by atoms with Gasteiger partial charge >= 0.3 is 0 Å². The average Bonchev–Trinajstić information content (AvgIpc) is 3.16. The number of nitrogens with zero attached hydrogens (tertiary/aromatic N) is 4. The Morgan fingerprint density at radius 1 is 1.41 bits per heavy atom. The molecule has 5 nitrogen and oxygen atoms in total. The van der Waals surface area contributed by atoms with Crippen LogP contribution in [0.2, 0.25) is 0 Å². The van der Waals surface area contributed by atoms with E-state index in [9.17, 15) is 5.11 Å². The van der Waals surface area contributed by atoms with Gasteiger partial charge in [0, 0.05) is 29.4 Å². The molecule has 3 rings (SSSR count). The molecule has 0 radical (unpaired) electrons. The van der Waals surface area contributed by atoms with E-state index in [1.165, 1.54) is 9.75 Å². The zero-order chi connectivity index (χ0) is 15.5. The van der Waals surface area contributed by atoms with Gasteiger partial charge in [-0.05, 0) is 31.9 Å². The fraction of sp³-hybridized carbons (Fsp3) is 0.500. The molecule has 0 bridgehead atoms. The Bertz CT molecular complexity index is 630. The maximum Gasteiger partial charge on any atom is 0.134 e. The predicted molar refractivity (Wildman–Crippen MR) is 90.6 cm³/mol. The summed E-state index contributed by atoms with van der Waals surface area (Å²) >= 11 is 1.82. The molecule has 0 unspecified atom stereocenters. The van der Waals surface area contributed by atoms with E-state index in [1.807, 2.05) is 17.4 Å². The van der Waals surface area contributed by atoms with Crippen LogP contribution in [0.5, 0.6) is 0 Å². The molecule has 1 atom stereocenters. The van der Waals surface area contributed by atoms with E-state index in [2.05, 4.69) is 45.9 Å². The van der Waals surface area contributed by atoms with Crippen LogP contribution in [0.3, 0.4) is 0 Å². The van der Waals surface area contributed by atoms with Crippen molar-refractivity contribution in [3.63, 3.8) is 0 Å². The van der Waals surface area contributed by atoms with E-state index >= 15 is 0 Å². The van der Waals surface area contributed by atoms with Crippen molar-refractivity contribution in [2.24, 2.45) is 0 Å². The Morgan fingerprint density at radius 2 is 2.27 bits per heavy atom. The molecule has 1 aliphatic heterocycles. The molecule has 6 heteroatoms. The third-order valence-corrected chi connectivity index (χ3v) is 5.09. The maximum absolute atomic E-state index is 9.48. The molecule has 0 spiro atoms. The summed E-state index contributed by atoms with van der Waals surface area (Å²) in [7, 11) is 2.05. The number of aliphatic hydroxyl groups excluding tert-OH is 1. The van der Waals surface area contributed by atoms with Gasteiger partial charge in [-0.1, -0.05) is 0 Å². The van der Waals surface area contributed by atoms with Crippen LogP contribution >= 0.6 is 11.3 Å². The van der Waals surface area contributed by atoms with E-state index in [-0.39, 0.29) is 12.6 Å². The van der Waals surface area contributed by atoms with E-state index in [0.29, 0.717) is 0 Å². The fourth-order valence-corrected chi connectivity index (χ4v) is 3.86. The summed E-state index contributed by atoms with van der Waals surface area (Å²) in [6.07, 6.45) is 3.75. The van der Waals surface area contributed by atoms with Crippen molar-refractivity contribution < 1.29 is 5.11 Å². The summed E-state index contributed by atoms with van der Waals surface area (Å²) < 4.78 is 0. The van der Waals surface area contributed by atoms with Gasteiger partial charge in [0.15, 0.2) is 0 Å². The third kappa shape index (κ3) is 3.23. The number of hydrogen-bond acceptors (Lipinski definition) is 6. The van der Waals surface area contributed by atoms with Crippen LogP contribution in [0.25, 0.3) is 0 Å². The van der Waals surface area contributed by atoms with E-state index in [1.54, 1.807) is 6.33 Å². The summed E-state index contributed by atoms with van der Waals surface area (Å²) in [5, 5.41) is 9.48. The Hall–Kier alpha value is -1.66. The van der Waals surface area contributed by atoms with Crippen molar-refractivity contribution in [1.29, 1.82) is 0 Å². The quantitative estimate of drug-likeness (QED) is 0.918. The molecule has 118 valence electrons. The third-order valence-electron chi connectivity index (χ3n) is 4.10. The van der Waals surface area contributed by atoms with Crippen LogP contribution in [0, 0.1) is 6.92 Å². The number of anilines is 2. The molecule has 3 heterocycles. The van der Waals surface area contributed by atoms with Crippen LogP contribution in [-0.4, -0.2) is 41.3 Å². The first-order valence-corrected chi connectivity index (χ1v) is 8.45. The minimum Gasteiger partial charge on any atom is -0.394 e. The minimum atomic E-state index is 0.184. The van der Waals surface area contributed by atoms with Gasteiger partial charge in [-0.2, -0.15) is 0 Å². The lowest BCUT2D eigenvalue weighted by Gasteiger charge is -2.25. The molecule has 1 saturated heterocycles. The highest BCUT2D eigenvalue weighted by Crippen LogP contribution is 2.26. The molecular weight excluding hydrogens is 296 g/mol. The first-order chi connectivity index (χ1) is 10.7. The first kappa shape index (κ1) is 15.2. The van der Waals surface area contributed by atoms with Crippen LogP contribution in [0.15, 0.2) is 24.5 Å². The second-order valence-corrected chi connectivity index (χ2v) is 7.15. The molecule has 0 saturated carbocycles. The van der Waals surface area contributed by atoms with Gasteiger partial charge in [-0.15, -0.1) is 11.3 Å². The molecular formula is C16H22N4OS. The topological polar surface area (TPSA) is 52.5 Å². The van der Waals surface area contributed by atoms with Gasteiger partial charge in [-0.3, -0.25) is 0 Å². The van der Waals surface area contributed by atoms with E-state index in [0.717, 1.165) is 37.6 Å². The summed E-state index contributed by atoms with van der Waals surface area (Å²) in [6.45, 7) is 4.11. The molecule has 0 aliphatic carbocycles. The highest BCUT2D eigenvalue weighted by molar-refractivity contribution is 7.11. The number of aromatic nitrogens is 2. The van der Waals surface area contributed by atoms with Crippen LogP contribution in [-0.2, 0) is 6.54 Å². The lowest BCUT2D eigenvalue weighted by Crippen LogP contribution is -2.33. The number of aryl methyl sites for hydroxylation is 1. The van der Waals surface area contributed by atoms with Crippen LogP contribution < -0.4 is 9.80 Å². The number of aliphatic hydroxyl groups is 1. The Balaban J connectivity index is 1.75. The van der Waals surface area contributed by atoms with Crippen LogP contribution in [0.1, 0.15) is 22.6 Å². The van der Waals surface area contributed by atoms with E-state index in [4.69, 9.17) is 0 Å². The van der Waals surface area contributed by atoms with Gasteiger partial charge in [0.25, 0.3) is 0 Å². The van der Waals surface area contributed by atoms with Gasteiger partial charge in [0.2, 0.25) is 0 Å². The predicted octanol–water partition coefficient (Wildman–Crippen LogP) is 2.44. The van der Waals surface area contributed by atoms with Gasteiger partial charge in [0.05, 0.1) is 19.2 Å². The lowest BCUT2D eigenvalue weighted by atomic mass is 10.2. The molecule has 1 N–H and O–H groups in total. The Kier molecular flexibility index (Phi) is 4.59. The second kappa shape index (κ2) is 6.62. The monoisotopic (exact) mass is 318 g/mol. The highest BCUT2D eigenvalue weighted by atomic mass is 32.1. The number of rotatable bonds is 5. The van der Waals surface area contributed by atoms with Gasteiger partial charge in [-0.25, -0.2) is 9.97 Å². The second-order valence-electron chi connectivity index (χ2n) is 5.77. The van der Waals surface area contributed by atoms with Crippen molar-refractivity contribution in [2.75, 3.05) is 30.0 Å². The SMILES string of the molecule is Cc1ccc(CN(C)c2cc(N3CCC[C@@H]3CO)ncn2)s1. The first-order valence-electron chi connectivity index (χ1n) is 7.63. The van der Waals surface area contributed by atoms with Crippen molar-refractivity contribution in [3.8, 4) is 0 Å². The normalized spacial score (nSPS) is 18.0. The molecule has 0 aromatic carbocycles. The zero-order valence-corrected chi connectivity index (χ0v) is 13.9. The van der Waals surface area contributed by atoms with Gasteiger partial charge in [0.1, 0.15) is 18.0 Å². The van der Waals surface area contributed by atoms with Crippen molar-refractivity contribution >= 4 is 23.0 Å². The minimum absolute atomic E-state index is 0.184. The summed E-state index contributed by atoms with van der Waals surface area (Å²) in [5.41, 5.74) is 0. The molecule has 1 aliphatic rings. The van der Waals surface area contributed by atoms with Crippen molar-refractivity contribution in [2.45, 2.75) is 32.4 Å². The molecule has 1 fully saturated rings.